The maximum Gasteiger partial charge on any atom is 0.311 e. The number of hydrogen-bond acceptors (Lipinski definition) is 3. The molecule has 0 heterocycles. The fourth-order valence-corrected chi connectivity index (χ4v) is 5.96. The van der Waals surface area contributed by atoms with E-state index in [0.29, 0.717) is 42.3 Å². The van der Waals surface area contributed by atoms with Crippen molar-refractivity contribution in [3.63, 3.8) is 0 Å². The molecule has 2 aromatic rings. The molecule has 5 nitrogen and oxygen atoms in total. The van der Waals surface area contributed by atoms with Gasteiger partial charge in [0, 0.05) is 24.2 Å². The summed E-state index contributed by atoms with van der Waals surface area (Å²) in [7, 11) is 0. The summed E-state index contributed by atoms with van der Waals surface area (Å²) in [6.07, 6.45) is 13.2. The summed E-state index contributed by atoms with van der Waals surface area (Å²) in [5, 5.41) is 18.7. The van der Waals surface area contributed by atoms with Crippen molar-refractivity contribution in [3.05, 3.63) is 71.8 Å². The van der Waals surface area contributed by atoms with Crippen LogP contribution in [0.25, 0.3) is 10.8 Å². The Labute approximate surface area is 207 Å². The molecule has 3 N–H and O–H groups in total. The second-order valence-electron chi connectivity index (χ2n) is 10.8. The Morgan fingerprint density at radius 2 is 1.91 bits per heavy atom. The van der Waals surface area contributed by atoms with Crippen molar-refractivity contribution in [2.24, 2.45) is 17.3 Å². The molecule has 5 heteroatoms. The smallest absolute Gasteiger partial charge is 0.311 e. The summed E-state index contributed by atoms with van der Waals surface area (Å²) < 4.78 is 0. The van der Waals surface area contributed by atoms with Gasteiger partial charge in [0.2, 0.25) is 0 Å². The average molecular weight is 473 g/mol. The van der Waals surface area contributed by atoms with Gasteiger partial charge >= 0.3 is 5.97 Å². The summed E-state index contributed by atoms with van der Waals surface area (Å²) in [5.74, 6) is 0.109. The van der Waals surface area contributed by atoms with Gasteiger partial charge in [-0.2, -0.15) is 0 Å². The molecule has 35 heavy (non-hydrogen) atoms. The number of carboxylic acids is 1. The van der Waals surface area contributed by atoms with E-state index in [9.17, 15) is 14.7 Å². The number of aliphatic carboxylic acids is 1. The fraction of sp³-hybridized carbons (Fsp3) is 0.467. The van der Waals surface area contributed by atoms with E-state index in [1.165, 1.54) is 35.6 Å². The number of amides is 1. The summed E-state index contributed by atoms with van der Waals surface area (Å²) in [6, 6.07) is 16.0. The van der Waals surface area contributed by atoms with Crippen molar-refractivity contribution < 1.29 is 14.7 Å². The molecule has 1 amide bonds. The Bertz CT molecular complexity index is 1160. The predicted octanol–water partition coefficient (Wildman–Crippen LogP) is 5.53. The van der Waals surface area contributed by atoms with Gasteiger partial charge in [-0.3, -0.25) is 9.59 Å². The van der Waals surface area contributed by atoms with Crippen molar-refractivity contribution >= 4 is 22.6 Å². The number of benzene rings is 2. The van der Waals surface area contributed by atoms with E-state index in [2.05, 4.69) is 66.1 Å². The molecule has 0 spiro atoms. The Kier molecular flexibility index (Phi) is 6.79. The molecule has 0 aromatic heterocycles. The number of carboxylic acid groups (broad SMARTS) is 1. The lowest BCUT2D eigenvalue weighted by atomic mass is 9.74. The van der Waals surface area contributed by atoms with Crippen molar-refractivity contribution in [2.45, 2.75) is 64.0 Å². The number of carbonyl (C=O) groups excluding carboxylic acids is 1. The molecular weight excluding hydrogens is 436 g/mol. The van der Waals surface area contributed by atoms with E-state index >= 15 is 0 Å². The average Bonchev–Trinajstić information content (AvgIpc) is 3.69. The summed E-state index contributed by atoms with van der Waals surface area (Å²) in [4.78, 5) is 23.9. The fourth-order valence-electron chi connectivity index (χ4n) is 5.96. The van der Waals surface area contributed by atoms with Gasteiger partial charge in [0.25, 0.3) is 5.91 Å². The Morgan fingerprint density at radius 1 is 1.11 bits per heavy atom. The largest absolute Gasteiger partial charge is 0.481 e. The minimum absolute atomic E-state index is 0.153. The van der Waals surface area contributed by atoms with Gasteiger partial charge < -0.3 is 15.7 Å². The zero-order chi connectivity index (χ0) is 24.4. The highest BCUT2D eigenvalue weighted by Gasteiger charge is 2.50. The standard InChI is InChI=1S/C30H36N2O3/c1-20(26-11-5-7-22-6-2-3-10-27(22)26)32-25-9-4-8-24(18-25)21-12-14-23(15-13-21)28(33)31-19-30(16-17-30)29(34)35/h2-3,5-7,10-12,14-15,20-21,24-25,32H,4,8-9,13,16-19H2,1H3,(H,31,33)(H,34,35)/t20-,21?,24+,25+/m1/s1. The highest BCUT2D eigenvalue weighted by atomic mass is 16.4. The van der Waals surface area contributed by atoms with Crippen LogP contribution in [0, 0.1) is 17.3 Å². The van der Waals surface area contributed by atoms with E-state index < -0.39 is 11.4 Å². The normalized spacial score (nSPS) is 26.1. The molecule has 0 bridgehead atoms. The molecule has 4 atom stereocenters. The van der Waals surface area contributed by atoms with Crippen LogP contribution in [-0.4, -0.2) is 29.6 Å². The van der Waals surface area contributed by atoms with Crippen LogP contribution >= 0.6 is 0 Å². The minimum atomic E-state index is -0.804. The van der Waals surface area contributed by atoms with Crippen LogP contribution in [-0.2, 0) is 9.59 Å². The number of allylic oxidation sites excluding steroid dienone is 2. The van der Waals surface area contributed by atoms with E-state index in [4.69, 9.17) is 0 Å². The summed E-state index contributed by atoms with van der Waals surface area (Å²) >= 11 is 0. The van der Waals surface area contributed by atoms with Crippen molar-refractivity contribution in [2.75, 3.05) is 6.54 Å². The number of nitrogens with one attached hydrogen (secondary N) is 2. The van der Waals surface area contributed by atoms with Crippen LogP contribution in [0.15, 0.2) is 66.3 Å². The van der Waals surface area contributed by atoms with E-state index in [0.717, 1.165) is 12.8 Å². The third kappa shape index (κ3) is 5.20. The van der Waals surface area contributed by atoms with Gasteiger partial charge in [-0.15, -0.1) is 0 Å². The first kappa shape index (κ1) is 23.8. The van der Waals surface area contributed by atoms with E-state index in [1.54, 1.807) is 0 Å². The van der Waals surface area contributed by atoms with Gasteiger partial charge in [0.1, 0.15) is 0 Å². The zero-order valence-corrected chi connectivity index (χ0v) is 20.5. The first-order valence-electron chi connectivity index (χ1n) is 13.1. The summed E-state index contributed by atoms with van der Waals surface area (Å²) in [5.41, 5.74) is 1.29. The second-order valence-corrected chi connectivity index (χ2v) is 10.8. The quantitative estimate of drug-likeness (QED) is 0.472. The molecule has 2 fully saturated rings. The van der Waals surface area contributed by atoms with Crippen molar-refractivity contribution in [1.29, 1.82) is 0 Å². The number of fused-ring (bicyclic) bond motifs is 1. The van der Waals surface area contributed by atoms with Crippen LogP contribution in [0.4, 0.5) is 0 Å². The van der Waals surface area contributed by atoms with Crippen LogP contribution in [0.1, 0.15) is 63.5 Å². The minimum Gasteiger partial charge on any atom is -0.481 e. The summed E-state index contributed by atoms with van der Waals surface area (Å²) in [6.45, 7) is 2.50. The molecule has 3 aliphatic rings. The SMILES string of the molecule is C[C@@H](N[C@H]1CCC[C@H](C2C=CC(C(=O)NCC3(C(=O)O)CC3)=CC2)C1)c1cccc2ccccc12. The lowest BCUT2D eigenvalue weighted by Gasteiger charge is -2.36. The second kappa shape index (κ2) is 9.98. The first-order chi connectivity index (χ1) is 16.9. The van der Waals surface area contributed by atoms with E-state index in [1.807, 2.05) is 12.2 Å². The van der Waals surface area contributed by atoms with Gasteiger partial charge in [0.05, 0.1) is 5.41 Å². The van der Waals surface area contributed by atoms with E-state index in [-0.39, 0.29) is 12.5 Å². The molecule has 2 saturated carbocycles. The maximum absolute atomic E-state index is 12.5. The zero-order valence-electron chi connectivity index (χ0n) is 20.5. The predicted molar refractivity (Wildman–Crippen MR) is 139 cm³/mol. The van der Waals surface area contributed by atoms with Gasteiger partial charge in [-0.25, -0.2) is 0 Å². The number of hydrogen-bond donors (Lipinski definition) is 3. The third-order valence-electron chi connectivity index (χ3n) is 8.39. The van der Waals surface area contributed by atoms with Crippen molar-refractivity contribution in [1.82, 2.24) is 10.6 Å². The Morgan fingerprint density at radius 3 is 2.66 bits per heavy atom. The Hall–Kier alpha value is -2.92. The van der Waals surface area contributed by atoms with Crippen LogP contribution < -0.4 is 10.6 Å². The van der Waals surface area contributed by atoms with Crippen LogP contribution in [0.3, 0.4) is 0 Å². The highest BCUT2D eigenvalue weighted by molar-refractivity contribution is 5.96. The molecule has 3 aliphatic carbocycles. The number of carbonyl (C=O) groups is 2. The lowest BCUT2D eigenvalue weighted by Crippen LogP contribution is -2.38. The van der Waals surface area contributed by atoms with Crippen molar-refractivity contribution in [3.8, 4) is 0 Å². The van der Waals surface area contributed by atoms with Crippen LogP contribution in [0.5, 0.6) is 0 Å². The lowest BCUT2D eigenvalue weighted by molar-refractivity contribution is -0.143. The molecular formula is C30H36N2O3. The number of rotatable bonds is 8. The Balaban J connectivity index is 1.15. The molecule has 5 rings (SSSR count). The molecule has 1 unspecified atom stereocenters. The molecule has 0 saturated heterocycles. The van der Waals surface area contributed by atoms with Crippen LogP contribution in [0.2, 0.25) is 0 Å². The molecule has 184 valence electrons. The maximum atomic E-state index is 12.5. The third-order valence-corrected chi connectivity index (χ3v) is 8.39. The van der Waals surface area contributed by atoms with Gasteiger partial charge in [-0.05, 0) is 73.6 Å². The highest BCUT2D eigenvalue weighted by Crippen LogP contribution is 2.45. The molecule has 2 aromatic carbocycles. The van der Waals surface area contributed by atoms with Gasteiger partial charge in [-0.1, -0.05) is 67.1 Å². The molecule has 0 radical (unpaired) electrons. The molecule has 0 aliphatic heterocycles. The van der Waals surface area contributed by atoms with Gasteiger partial charge in [0.15, 0.2) is 0 Å². The monoisotopic (exact) mass is 472 g/mol. The first-order valence-corrected chi connectivity index (χ1v) is 13.1. The topological polar surface area (TPSA) is 78.4 Å².